The van der Waals surface area contributed by atoms with Gasteiger partial charge in [0, 0.05) is 28.7 Å². The molecular formula is C22H24N4O3S2. The van der Waals surface area contributed by atoms with Gasteiger partial charge in [-0.2, -0.15) is 0 Å². The molecule has 0 aliphatic rings. The average Bonchev–Trinajstić information content (AvgIpc) is 3.20. The number of hydrogen-bond acceptors (Lipinski definition) is 7. The van der Waals surface area contributed by atoms with Crippen LogP contribution in [-0.2, 0) is 6.42 Å². The Bertz CT molecular complexity index is 1050. The van der Waals surface area contributed by atoms with Crippen LogP contribution in [0.1, 0.15) is 39.6 Å². The summed E-state index contributed by atoms with van der Waals surface area (Å²) in [5, 5.41) is 15.4. The smallest absolute Gasteiger partial charge is 0.258 e. The molecule has 0 saturated carbocycles. The Hall–Kier alpha value is -2.91. The summed E-state index contributed by atoms with van der Waals surface area (Å²) < 4.78 is 5.14. The van der Waals surface area contributed by atoms with E-state index in [9.17, 15) is 9.59 Å². The van der Waals surface area contributed by atoms with E-state index in [1.165, 1.54) is 11.3 Å². The van der Waals surface area contributed by atoms with Crippen LogP contribution in [0.4, 0.5) is 5.13 Å². The largest absolute Gasteiger partial charge is 0.497 e. The molecule has 0 radical (unpaired) electrons. The highest BCUT2D eigenvalue weighted by Gasteiger charge is 2.15. The summed E-state index contributed by atoms with van der Waals surface area (Å²) >= 11 is 2.94. The van der Waals surface area contributed by atoms with Gasteiger partial charge in [-0.3, -0.25) is 14.9 Å². The van der Waals surface area contributed by atoms with E-state index >= 15 is 0 Å². The van der Waals surface area contributed by atoms with Crippen molar-refractivity contribution in [3.63, 3.8) is 0 Å². The molecule has 0 unspecified atom stereocenters. The molecule has 3 rings (SSSR count). The monoisotopic (exact) mass is 456 g/mol. The zero-order chi connectivity index (χ0) is 22.2. The topological polar surface area (TPSA) is 93.2 Å². The van der Waals surface area contributed by atoms with E-state index in [0.717, 1.165) is 9.90 Å². The average molecular weight is 457 g/mol. The van der Waals surface area contributed by atoms with Crippen molar-refractivity contribution in [2.24, 2.45) is 0 Å². The van der Waals surface area contributed by atoms with Gasteiger partial charge in [-0.15, -0.1) is 22.0 Å². The van der Waals surface area contributed by atoms with E-state index < -0.39 is 0 Å². The second-order valence-electron chi connectivity index (χ2n) is 6.86. The van der Waals surface area contributed by atoms with Gasteiger partial charge in [-0.1, -0.05) is 43.4 Å². The third-order valence-corrected chi connectivity index (χ3v) is 6.12. The van der Waals surface area contributed by atoms with Crippen LogP contribution < -0.4 is 15.4 Å². The summed E-state index contributed by atoms with van der Waals surface area (Å²) in [5.74, 6) is 0.236. The fourth-order valence-corrected chi connectivity index (χ4v) is 4.42. The minimum absolute atomic E-state index is 0.184. The molecule has 0 saturated heterocycles. The third kappa shape index (κ3) is 6.53. The lowest BCUT2D eigenvalue weighted by atomic mass is 10.2. The minimum atomic E-state index is -0.210. The maximum Gasteiger partial charge on any atom is 0.258 e. The number of hydrogen-bond donors (Lipinski definition) is 2. The van der Waals surface area contributed by atoms with Crippen LogP contribution in [0, 0.1) is 0 Å². The molecule has 0 atom stereocenters. The zero-order valence-electron chi connectivity index (χ0n) is 17.5. The van der Waals surface area contributed by atoms with Crippen molar-refractivity contribution in [1.82, 2.24) is 15.5 Å². The first-order valence-corrected chi connectivity index (χ1v) is 11.5. The molecule has 7 nitrogen and oxygen atoms in total. The fourth-order valence-electron chi connectivity index (χ4n) is 2.73. The molecule has 1 aromatic heterocycles. The van der Waals surface area contributed by atoms with Crippen molar-refractivity contribution in [1.29, 1.82) is 0 Å². The van der Waals surface area contributed by atoms with E-state index in [-0.39, 0.29) is 11.8 Å². The number of nitrogens with one attached hydrogen (secondary N) is 2. The van der Waals surface area contributed by atoms with Crippen molar-refractivity contribution in [3.05, 3.63) is 64.7 Å². The second-order valence-corrected chi connectivity index (χ2v) is 9.54. The molecule has 2 N–H and O–H groups in total. The van der Waals surface area contributed by atoms with Gasteiger partial charge < -0.3 is 10.1 Å². The molecule has 2 aromatic carbocycles. The van der Waals surface area contributed by atoms with Gasteiger partial charge in [-0.05, 0) is 30.3 Å². The summed E-state index contributed by atoms with van der Waals surface area (Å²) in [7, 11) is 1.56. The van der Waals surface area contributed by atoms with Crippen LogP contribution in [0.15, 0.2) is 53.4 Å². The summed E-state index contributed by atoms with van der Waals surface area (Å²) in [4.78, 5) is 25.9. The number of carbonyl (C=O) groups excluding carboxylic acids is 2. The number of thioether (sulfide) groups is 1. The molecular weight excluding hydrogens is 432 g/mol. The number of anilines is 1. The van der Waals surface area contributed by atoms with Crippen LogP contribution in [-0.4, -0.2) is 40.9 Å². The Morgan fingerprint density at radius 2 is 1.90 bits per heavy atom. The number of methoxy groups -OCH3 is 1. The number of carbonyl (C=O) groups is 2. The minimum Gasteiger partial charge on any atom is -0.497 e. The lowest BCUT2D eigenvalue weighted by Crippen LogP contribution is -2.25. The van der Waals surface area contributed by atoms with Gasteiger partial charge in [-0.25, -0.2) is 0 Å². The number of nitrogens with zero attached hydrogens (tertiary/aromatic N) is 2. The van der Waals surface area contributed by atoms with Crippen LogP contribution in [0.5, 0.6) is 5.75 Å². The zero-order valence-corrected chi connectivity index (χ0v) is 19.2. The van der Waals surface area contributed by atoms with Gasteiger partial charge in [0.15, 0.2) is 0 Å². The molecule has 0 aliphatic heterocycles. The van der Waals surface area contributed by atoms with E-state index in [1.54, 1.807) is 49.2 Å². The molecule has 31 heavy (non-hydrogen) atoms. The molecule has 0 bridgehead atoms. The van der Waals surface area contributed by atoms with Crippen molar-refractivity contribution >= 4 is 40.0 Å². The number of benzene rings is 2. The Labute approximate surface area is 189 Å². The van der Waals surface area contributed by atoms with E-state index in [2.05, 4.69) is 34.7 Å². The lowest BCUT2D eigenvalue weighted by Gasteiger charge is -2.10. The van der Waals surface area contributed by atoms with E-state index in [1.807, 2.05) is 18.2 Å². The van der Waals surface area contributed by atoms with Crippen LogP contribution >= 0.6 is 23.1 Å². The highest BCUT2D eigenvalue weighted by molar-refractivity contribution is 8.00. The van der Waals surface area contributed by atoms with Crippen molar-refractivity contribution in [2.75, 3.05) is 19.0 Å². The Morgan fingerprint density at radius 3 is 2.68 bits per heavy atom. The highest BCUT2D eigenvalue weighted by atomic mass is 32.2. The highest BCUT2D eigenvalue weighted by Crippen LogP contribution is 2.27. The Balaban J connectivity index is 1.54. The first-order valence-electron chi connectivity index (χ1n) is 9.78. The molecule has 1 heterocycles. The van der Waals surface area contributed by atoms with E-state index in [4.69, 9.17) is 4.74 Å². The maximum absolute atomic E-state index is 12.7. The van der Waals surface area contributed by atoms with Crippen LogP contribution in [0.2, 0.25) is 0 Å². The van der Waals surface area contributed by atoms with Crippen molar-refractivity contribution < 1.29 is 14.3 Å². The SMILES string of the molecule is COc1cccc(C(=O)NCCc2nnc(NC(=O)c3ccccc3SC(C)C)s2)c1. The fraction of sp³-hybridized carbons (Fsp3) is 0.273. The van der Waals surface area contributed by atoms with Crippen LogP contribution in [0.3, 0.4) is 0 Å². The van der Waals surface area contributed by atoms with Gasteiger partial charge in [0.05, 0.1) is 12.7 Å². The van der Waals surface area contributed by atoms with Gasteiger partial charge >= 0.3 is 0 Å². The lowest BCUT2D eigenvalue weighted by molar-refractivity contribution is 0.0952. The Morgan fingerprint density at radius 1 is 1.10 bits per heavy atom. The predicted molar refractivity (Wildman–Crippen MR) is 124 cm³/mol. The number of ether oxygens (including phenoxy) is 1. The van der Waals surface area contributed by atoms with Crippen molar-refractivity contribution in [2.45, 2.75) is 30.4 Å². The molecule has 0 fully saturated rings. The van der Waals surface area contributed by atoms with Gasteiger partial charge in [0.25, 0.3) is 11.8 Å². The number of aromatic nitrogens is 2. The Kier molecular flexibility index (Phi) is 8.02. The summed E-state index contributed by atoms with van der Waals surface area (Å²) in [6.07, 6.45) is 0.517. The summed E-state index contributed by atoms with van der Waals surface area (Å²) in [6, 6.07) is 14.5. The maximum atomic E-state index is 12.7. The third-order valence-electron chi connectivity index (χ3n) is 4.14. The molecule has 0 spiro atoms. The van der Waals surface area contributed by atoms with E-state index in [0.29, 0.717) is 40.2 Å². The summed E-state index contributed by atoms with van der Waals surface area (Å²) in [5.41, 5.74) is 1.14. The van der Waals surface area contributed by atoms with Crippen molar-refractivity contribution in [3.8, 4) is 5.75 Å². The quantitative estimate of drug-likeness (QED) is 0.467. The number of amides is 2. The first kappa shape index (κ1) is 22.8. The molecule has 9 heteroatoms. The predicted octanol–water partition coefficient (Wildman–Crippen LogP) is 4.27. The van der Waals surface area contributed by atoms with Gasteiger partial charge in [0.1, 0.15) is 10.8 Å². The molecule has 3 aromatic rings. The normalized spacial score (nSPS) is 10.7. The molecule has 2 amide bonds. The number of rotatable bonds is 9. The standard InChI is InChI=1S/C22H24N4O3S2/c1-14(2)30-18-10-5-4-9-17(18)21(28)24-22-26-25-19(31-22)11-12-23-20(27)15-7-6-8-16(13-15)29-3/h4-10,13-14H,11-12H2,1-3H3,(H,23,27)(H,24,26,28). The second kappa shape index (κ2) is 10.9. The molecule has 162 valence electrons. The van der Waals surface area contributed by atoms with Crippen LogP contribution in [0.25, 0.3) is 0 Å². The first-order chi connectivity index (χ1) is 15.0. The molecule has 0 aliphatic carbocycles. The van der Waals surface area contributed by atoms with Gasteiger partial charge in [0.2, 0.25) is 5.13 Å². The summed E-state index contributed by atoms with van der Waals surface area (Å²) in [6.45, 7) is 4.58.